The predicted molar refractivity (Wildman–Crippen MR) is 133 cm³/mol. The van der Waals surface area contributed by atoms with Crippen molar-refractivity contribution >= 4 is 29.3 Å². The van der Waals surface area contributed by atoms with E-state index in [0.29, 0.717) is 22.6 Å². The molecule has 0 unspecified atom stereocenters. The molecular weight excluding hydrogens is 500 g/mol. The van der Waals surface area contributed by atoms with Crippen LogP contribution in [0.15, 0.2) is 55.0 Å². The van der Waals surface area contributed by atoms with Crippen molar-refractivity contribution in [2.45, 2.75) is 25.9 Å². The third-order valence-electron chi connectivity index (χ3n) is 5.57. The second-order valence-corrected chi connectivity index (χ2v) is 8.26. The van der Waals surface area contributed by atoms with Crippen LogP contribution >= 0.6 is 0 Å². The number of amides is 2. The van der Waals surface area contributed by atoms with Crippen molar-refractivity contribution in [1.82, 2.24) is 30.3 Å². The maximum Gasteiger partial charge on any atom is 0.404 e. The highest BCUT2D eigenvalue weighted by Gasteiger charge is 2.25. The number of carbonyl (C=O) groups excluding carboxylic acids is 1. The second kappa shape index (κ2) is 10.9. The Hall–Kier alpha value is -5.14. The molecule has 0 bridgehead atoms. The highest BCUT2D eigenvalue weighted by atomic mass is 19.1. The van der Waals surface area contributed by atoms with Gasteiger partial charge in [0, 0.05) is 0 Å². The lowest BCUT2D eigenvalue weighted by Gasteiger charge is -2.26. The largest absolute Gasteiger partial charge is 0.465 e. The van der Waals surface area contributed by atoms with Crippen molar-refractivity contribution in [2.75, 3.05) is 10.6 Å². The Morgan fingerprint density at radius 1 is 1.08 bits per heavy atom. The minimum absolute atomic E-state index is 0.0804. The number of aromatic nitrogens is 5. The highest BCUT2D eigenvalue weighted by Crippen LogP contribution is 2.29. The fourth-order valence-electron chi connectivity index (χ4n) is 3.73. The Balaban J connectivity index is 1.72. The Labute approximate surface area is 214 Å². The molecule has 4 rings (SSSR count). The number of nitrogens with zero attached hydrogens (tertiary/aromatic N) is 5. The van der Waals surface area contributed by atoms with E-state index in [1.165, 1.54) is 47.7 Å². The zero-order valence-corrected chi connectivity index (χ0v) is 20.2. The van der Waals surface area contributed by atoms with Crippen LogP contribution in [0.5, 0.6) is 0 Å². The first kappa shape index (κ1) is 25.9. The fraction of sp³-hybridized carbons (Fsp3) is 0.167. The van der Waals surface area contributed by atoms with Gasteiger partial charge in [0.25, 0.3) is 5.91 Å². The molecule has 0 aliphatic rings. The summed E-state index contributed by atoms with van der Waals surface area (Å²) in [6.07, 6.45) is 3.18. The maximum atomic E-state index is 15.1. The Bertz CT molecular complexity index is 1460. The zero-order chi connectivity index (χ0) is 27.4. The molecule has 3 heterocycles. The van der Waals surface area contributed by atoms with E-state index in [1.54, 1.807) is 19.9 Å². The third kappa shape index (κ3) is 5.80. The van der Waals surface area contributed by atoms with Gasteiger partial charge in [-0.05, 0) is 43.7 Å². The molecule has 4 aromatic rings. The number of nitrogens with two attached hydrogens (primary N) is 1. The molecule has 12 nitrogen and oxygen atoms in total. The molecule has 1 aromatic carbocycles. The van der Waals surface area contributed by atoms with Crippen molar-refractivity contribution in [3.05, 3.63) is 83.4 Å². The number of anilines is 3. The van der Waals surface area contributed by atoms with Gasteiger partial charge in [0.05, 0.1) is 47.6 Å². The monoisotopic (exact) mass is 523 g/mol. The number of benzene rings is 1. The minimum atomic E-state index is -1.30. The number of hydrogen-bond donors (Lipinski definition) is 5. The lowest BCUT2D eigenvalue weighted by molar-refractivity contribution is 0.1000. The Morgan fingerprint density at radius 2 is 1.76 bits per heavy atom. The van der Waals surface area contributed by atoms with Gasteiger partial charge in [-0.25, -0.2) is 18.6 Å². The summed E-state index contributed by atoms with van der Waals surface area (Å²) in [4.78, 5) is 33.3. The minimum Gasteiger partial charge on any atom is -0.465 e. The van der Waals surface area contributed by atoms with Crippen LogP contribution in [-0.2, 0) is 0 Å². The van der Waals surface area contributed by atoms with Gasteiger partial charge < -0.3 is 26.8 Å². The number of carboxylic acid groups (broad SMARTS) is 1. The summed E-state index contributed by atoms with van der Waals surface area (Å²) in [6, 6.07) is 6.17. The van der Waals surface area contributed by atoms with E-state index in [0.717, 1.165) is 6.07 Å². The lowest BCUT2D eigenvalue weighted by Crippen LogP contribution is -2.39. The first-order valence-electron chi connectivity index (χ1n) is 11.2. The van der Waals surface area contributed by atoms with Crippen molar-refractivity contribution in [3.63, 3.8) is 0 Å². The molecule has 2 amide bonds. The molecule has 196 valence electrons. The number of hydrogen-bond acceptors (Lipinski definition) is 8. The molecule has 6 N–H and O–H groups in total. The number of nitrogens with one attached hydrogen (secondary N) is 3. The molecule has 14 heteroatoms. The summed E-state index contributed by atoms with van der Waals surface area (Å²) in [5.41, 5.74) is 7.25. The molecule has 0 aliphatic carbocycles. The van der Waals surface area contributed by atoms with Crippen molar-refractivity contribution in [3.8, 4) is 5.69 Å². The summed E-state index contributed by atoms with van der Waals surface area (Å²) in [6.45, 7) is 3.31. The average molecular weight is 524 g/mol. The van der Waals surface area contributed by atoms with Crippen molar-refractivity contribution in [1.29, 1.82) is 0 Å². The van der Waals surface area contributed by atoms with Gasteiger partial charge >= 0.3 is 6.09 Å². The first-order valence-corrected chi connectivity index (χ1v) is 11.2. The van der Waals surface area contributed by atoms with E-state index in [2.05, 4.69) is 36.1 Å². The van der Waals surface area contributed by atoms with E-state index in [9.17, 15) is 19.1 Å². The number of carbonyl (C=O) groups is 2. The fourth-order valence-corrected chi connectivity index (χ4v) is 3.73. The third-order valence-corrected chi connectivity index (χ3v) is 5.57. The van der Waals surface area contributed by atoms with Crippen LogP contribution in [0.3, 0.4) is 0 Å². The molecule has 3 aromatic heterocycles. The van der Waals surface area contributed by atoms with E-state index in [-0.39, 0.29) is 17.2 Å². The van der Waals surface area contributed by atoms with Crippen LogP contribution in [0.1, 0.15) is 34.6 Å². The Morgan fingerprint density at radius 3 is 2.39 bits per heavy atom. The summed E-state index contributed by atoms with van der Waals surface area (Å²) in [5, 5.41) is 25.5. The van der Waals surface area contributed by atoms with Crippen LogP contribution in [0.25, 0.3) is 5.69 Å². The smallest absolute Gasteiger partial charge is 0.404 e. The number of halogens is 2. The number of rotatable bonds is 9. The van der Waals surface area contributed by atoms with Crippen LogP contribution < -0.4 is 21.7 Å². The summed E-state index contributed by atoms with van der Waals surface area (Å²) >= 11 is 0. The van der Waals surface area contributed by atoms with Gasteiger partial charge in [-0.15, -0.1) is 4.80 Å². The normalized spacial score (nSPS) is 12.4. The van der Waals surface area contributed by atoms with Crippen LogP contribution in [0.2, 0.25) is 0 Å². The van der Waals surface area contributed by atoms with E-state index in [1.807, 2.05) is 0 Å². The molecule has 0 aliphatic heterocycles. The van der Waals surface area contributed by atoms with Crippen LogP contribution in [0.4, 0.5) is 30.9 Å². The molecule has 38 heavy (non-hydrogen) atoms. The standard InChI is InChI=1S/C24H23F2N9O3/c1-12-19(35-29-7-8-30-35)9-16(11-28-12)32-22-17(21(27)36)10-18(26)23(34-22)33-20(13(2)31-24(37)38)14-3-5-15(25)6-4-14/h3-11,13,20,31H,1-2H3,(H2,27,36)(H,37,38)(H2,32,33,34)/t13-,20+/m0/s1. The molecule has 0 saturated heterocycles. The summed E-state index contributed by atoms with van der Waals surface area (Å²) in [5.74, 6) is -2.73. The first-order chi connectivity index (χ1) is 18.1. The van der Waals surface area contributed by atoms with Gasteiger partial charge in [-0.2, -0.15) is 10.2 Å². The zero-order valence-electron chi connectivity index (χ0n) is 20.2. The SMILES string of the molecule is Cc1ncc(Nc2nc(N[C@@H](c3ccc(F)cc3)[C@H](C)NC(=O)O)c(F)cc2C(N)=O)cc1-n1nccn1. The van der Waals surface area contributed by atoms with E-state index >= 15 is 4.39 Å². The molecule has 0 fully saturated rings. The van der Waals surface area contributed by atoms with Gasteiger partial charge in [0.2, 0.25) is 0 Å². The molecule has 2 atom stereocenters. The van der Waals surface area contributed by atoms with Gasteiger partial charge in [0.1, 0.15) is 17.3 Å². The molecule has 0 radical (unpaired) electrons. The Kier molecular flexibility index (Phi) is 7.41. The number of primary amides is 1. The topological polar surface area (TPSA) is 173 Å². The van der Waals surface area contributed by atoms with Crippen LogP contribution in [0, 0.1) is 18.6 Å². The number of pyridine rings is 2. The van der Waals surface area contributed by atoms with E-state index < -0.39 is 35.7 Å². The molecular formula is C24H23F2N9O3. The van der Waals surface area contributed by atoms with E-state index in [4.69, 9.17) is 5.73 Å². The van der Waals surface area contributed by atoms with Crippen molar-refractivity contribution < 1.29 is 23.5 Å². The summed E-state index contributed by atoms with van der Waals surface area (Å²) in [7, 11) is 0. The summed E-state index contributed by atoms with van der Waals surface area (Å²) < 4.78 is 28.6. The second-order valence-electron chi connectivity index (χ2n) is 8.26. The van der Waals surface area contributed by atoms with Gasteiger partial charge in [-0.3, -0.25) is 9.78 Å². The van der Waals surface area contributed by atoms with Gasteiger partial charge in [0.15, 0.2) is 11.6 Å². The highest BCUT2D eigenvalue weighted by molar-refractivity contribution is 5.98. The number of aryl methyl sites for hydroxylation is 1. The predicted octanol–water partition coefficient (Wildman–Crippen LogP) is 3.30. The average Bonchev–Trinajstić information content (AvgIpc) is 3.40. The van der Waals surface area contributed by atoms with Crippen molar-refractivity contribution in [2.24, 2.45) is 5.73 Å². The molecule has 0 saturated carbocycles. The maximum absolute atomic E-state index is 15.1. The van der Waals surface area contributed by atoms with Gasteiger partial charge in [-0.1, -0.05) is 12.1 Å². The molecule has 0 spiro atoms. The quantitative estimate of drug-likeness (QED) is 0.221. The lowest BCUT2D eigenvalue weighted by atomic mass is 10.00. The van der Waals surface area contributed by atoms with Crippen LogP contribution in [-0.4, -0.2) is 48.1 Å².